The number of methoxy groups -OCH3 is 1. The summed E-state index contributed by atoms with van der Waals surface area (Å²) in [5.74, 6) is 0.416. The first-order chi connectivity index (χ1) is 11.4. The van der Waals surface area contributed by atoms with Crippen LogP contribution in [0.25, 0.3) is 0 Å². The number of rotatable bonds is 7. The van der Waals surface area contributed by atoms with Crippen LogP contribution in [0.2, 0.25) is 0 Å². The van der Waals surface area contributed by atoms with Gasteiger partial charge in [-0.25, -0.2) is 4.68 Å². The molecule has 0 bridgehead atoms. The molecule has 2 aromatic rings. The Morgan fingerprint density at radius 1 is 1.38 bits per heavy atom. The molecular weight excluding hydrogens is 306 g/mol. The smallest absolute Gasteiger partial charge is 0.223 e. The normalized spacial score (nSPS) is 13.4. The number of amides is 1. The van der Waals surface area contributed by atoms with E-state index in [1.807, 2.05) is 44.3 Å². The van der Waals surface area contributed by atoms with E-state index in [9.17, 15) is 9.90 Å². The second kappa shape index (κ2) is 7.49. The maximum Gasteiger partial charge on any atom is 0.223 e. The zero-order valence-electron chi connectivity index (χ0n) is 14.7. The van der Waals surface area contributed by atoms with Gasteiger partial charge in [-0.1, -0.05) is 37.3 Å². The van der Waals surface area contributed by atoms with Crippen molar-refractivity contribution in [3.63, 3.8) is 0 Å². The number of aryl methyl sites for hydroxylation is 2. The molecule has 0 spiro atoms. The van der Waals surface area contributed by atoms with Crippen molar-refractivity contribution in [2.45, 2.75) is 38.8 Å². The van der Waals surface area contributed by atoms with E-state index in [-0.39, 0.29) is 12.3 Å². The quantitative estimate of drug-likeness (QED) is 0.812. The molecular formula is C18H25N3O3. The van der Waals surface area contributed by atoms with Gasteiger partial charge in [-0.05, 0) is 18.9 Å². The molecule has 0 fully saturated rings. The molecule has 6 heteroatoms. The monoisotopic (exact) mass is 331 g/mol. The average Bonchev–Trinajstić information content (AvgIpc) is 2.88. The van der Waals surface area contributed by atoms with Crippen molar-refractivity contribution in [1.29, 1.82) is 0 Å². The summed E-state index contributed by atoms with van der Waals surface area (Å²) in [6, 6.07) is 9.19. The van der Waals surface area contributed by atoms with Crippen molar-refractivity contribution in [3.05, 3.63) is 47.2 Å². The van der Waals surface area contributed by atoms with Crippen LogP contribution in [-0.2, 0) is 30.4 Å². The first-order valence-electron chi connectivity index (χ1n) is 8.02. The number of ether oxygens (including phenoxy) is 1. The highest BCUT2D eigenvalue weighted by atomic mass is 16.5. The Hall–Kier alpha value is -2.34. The van der Waals surface area contributed by atoms with E-state index in [0.29, 0.717) is 18.0 Å². The van der Waals surface area contributed by atoms with Crippen molar-refractivity contribution in [2.24, 2.45) is 7.05 Å². The van der Waals surface area contributed by atoms with E-state index < -0.39 is 5.60 Å². The van der Waals surface area contributed by atoms with Crippen LogP contribution in [0.15, 0.2) is 30.3 Å². The van der Waals surface area contributed by atoms with Crippen molar-refractivity contribution in [3.8, 4) is 5.88 Å². The zero-order chi connectivity index (χ0) is 17.7. The van der Waals surface area contributed by atoms with E-state index in [1.165, 1.54) is 0 Å². The Morgan fingerprint density at radius 3 is 2.62 bits per heavy atom. The van der Waals surface area contributed by atoms with Crippen LogP contribution in [0.5, 0.6) is 5.88 Å². The number of aliphatic hydroxyl groups is 1. The Kier molecular flexibility index (Phi) is 5.62. The Labute approximate surface area is 142 Å². The third kappa shape index (κ3) is 3.94. The summed E-state index contributed by atoms with van der Waals surface area (Å²) in [6.07, 6.45) is 0.741. The van der Waals surface area contributed by atoms with Crippen LogP contribution in [0.1, 0.15) is 37.1 Å². The van der Waals surface area contributed by atoms with Gasteiger partial charge in [0.25, 0.3) is 0 Å². The predicted molar refractivity (Wildman–Crippen MR) is 91.6 cm³/mol. The van der Waals surface area contributed by atoms with E-state index in [1.54, 1.807) is 18.7 Å². The summed E-state index contributed by atoms with van der Waals surface area (Å²) in [5, 5.41) is 17.8. The number of carbonyl (C=O) groups is 1. The summed E-state index contributed by atoms with van der Waals surface area (Å²) in [4.78, 5) is 12.3. The lowest BCUT2D eigenvalue weighted by Crippen LogP contribution is -2.32. The van der Waals surface area contributed by atoms with Gasteiger partial charge in [-0.2, -0.15) is 5.10 Å². The van der Waals surface area contributed by atoms with E-state index in [0.717, 1.165) is 17.7 Å². The van der Waals surface area contributed by atoms with E-state index in [2.05, 4.69) is 10.4 Å². The Bertz CT molecular complexity index is 693. The summed E-state index contributed by atoms with van der Waals surface area (Å²) < 4.78 is 7.03. The molecule has 0 aliphatic rings. The predicted octanol–water partition coefficient (Wildman–Crippen LogP) is 1.91. The van der Waals surface area contributed by atoms with Gasteiger partial charge in [0.15, 0.2) is 0 Å². The molecule has 0 radical (unpaired) electrons. The van der Waals surface area contributed by atoms with E-state index in [4.69, 9.17) is 4.74 Å². The number of hydrogen-bond acceptors (Lipinski definition) is 4. The molecule has 1 amide bonds. The molecule has 1 aromatic carbocycles. The molecule has 0 aliphatic carbocycles. The Morgan fingerprint density at radius 2 is 2.04 bits per heavy atom. The molecule has 1 atom stereocenters. The highest BCUT2D eigenvalue weighted by Gasteiger charge is 2.26. The highest BCUT2D eigenvalue weighted by Crippen LogP contribution is 2.25. The van der Waals surface area contributed by atoms with Crippen LogP contribution >= 0.6 is 0 Å². The van der Waals surface area contributed by atoms with Crippen molar-refractivity contribution in [2.75, 3.05) is 7.11 Å². The summed E-state index contributed by atoms with van der Waals surface area (Å²) >= 11 is 0. The van der Waals surface area contributed by atoms with Gasteiger partial charge in [0.2, 0.25) is 11.8 Å². The minimum absolute atomic E-state index is 0.0128. The minimum Gasteiger partial charge on any atom is -0.481 e. The average molecular weight is 331 g/mol. The molecule has 0 aliphatic heterocycles. The maximum atomic E-state index is 12.3. The van der Waals surface area contributed by atoms with Gasteiger partial charge < -0.3 is 15.2 Å². The largest absolute Gasteiger partial charge is 0.481 e. The number of benzene rings is 1. The molecule has 1 unspecified atom stereocenters. The fraction of sp³-hybridized carbons (Fsp3) is 0.444. The number of nitrogens with one attached hydrogen (secondary N) is 1. The zero-order valence-corrected chi connectivity index (χ0v) is 14.7. The molecule has 1 aromatic heterocycles. The lowest BCUT2D eigenvalue weighted by atomic mass is 9.92. The summed E-state index contributed by atoms with van der Waals surface area (Å²) in [5.41, 5.74) is 1.27. The van der Waals surface area contributed by atoms with Crippen LogP contribution in [0.4, 0.5) is 0 Å². The van der Waals surface area contributed by atoms with Crippen molar-refractivity contribution < 1.29 is 14.6 Å². The van der Waals surface area contributed by atoms with E-state index >= 15 is 0 Å². The summed E-state index contributed by atoms with van der Waals surface area (Å²) in [7, 11) is 3.39. The number of aromatic nitrogens is 2. The van der Waals surface area contributed by atoms with Gasteiger partial charge in [0.1, 0.15) is 0 Å². The van der Waals surface area contributed by atoms with Gasteiger partial charge in [0.05, 0.1) is 30.4 Å². The van der Waals surface area contributed by atoms with Gasteiger partial charge in [-0.15, -0.1) is 0 Å². The molecule has 130 valence electrons. The minimum atomic E-state index is -1.21. The fourth-order valence-corrected chi connectivity index (χ4v) is 2.78. The Balaban J connectivity index is 2.04. The first-order valence-corrected chi connectivity index (χ1v) is 8.02. The second-order valence-corrected chi connectivity index (χ2v) is 6.01. The third-order valence-corrected chi connectivity index (χ3v) is 4.06. The van der Waals surface area contributed by atoms with Crippen molar-refractivity contribution >= 4 is 5.91 Å². The third-order valence-electron chi connectivity index (χ3n) is 4.06. The fourth-order valence-electron chi connectivity index (χ4n) is 2.78. The molecule has 0 saturated carbocycles. The molecule has 1 heterocycles. The second-order valence-electron chi connectivity index (χ2n) is 6.01. The lowest BCUT2D eigenvalue weighted by molar-refractivity contribution is -0.126. The maximum absolute atomic E-state index is 12.3. The van der Waals surface area contributed by atoms with Crippen LogP contribution in [0, 0.1) is 0 Å². The van der Waals surface area contributed by atoms with Crippen LogP contribution in [0.3, 0.4) is 0 Å². The molecule has 24 heavy (non-hydrogen) atoms. The van der Waals surface area contributed by atoms with Gasteiger partial charge in [-0.3, -0.25) is 4.79 Å². The van der Waals surface area contributed by atoms with Gasteiger partial charge in [0, 0.05) is 13.6 Å². The first kappa shape index (κ1) is 18.0. The number of nitrogens with zero attached hydrogens (tertiary/aromatic N) is 2. The lowest BCUT2D eigenvalue weighted by Gasteiger charge is -2.23. The van der Waals surface area contributed by atoms with Crippen molar-refractivity contribution in [1.82, 2.24) is 15.1 Å². The van der Waals surface area contributed by atoms with Crippen LogP contribution < -0.4 is 10.1 Å². The SMILES string of the molecule is CCc1nn(C)c(OC)c1CNC(=O)CC(C)(O)c1ccccc1. The molecule has 2 N–H and O–H groups in total. The number of carbonyl (C=O) groups excluding carboxylic acids is 1. The standard InChI is InChI=1S/C18H25N3O3/c1-5-15-14(17(24-4)21(3)20-15)12-19-16(22)11-18(2,23)13-9-7-6-8-10-13/h6-10,23H,5,11-12H2,1-4H3,(H,19,22). The van der Waals surface area contributed by atoms with Crippen LogP contribution in [-0.4, -0.2) is 27.9 Å². The number of hydrogen-bond donors (Lipinski definition) is 2. The highest BCUT2D eigenvalue weighted by molar-refractivity contribution is 5.77. The molecule has 2 rings (SSSR count). The summed E-state index contributed by atoms with van der Waals surface area (Å²) in [6.45, 7) is 3.97. The molecule has 0 saturated heterocycles. The molecule has 6 nitrogen and oxygen atoms in total. The topological polar surface area (TPSA) is 76.4 Å². The van der Waals surface area contributed by atoms with Gasteiger partial charge >= 0.3 is 0 Å².